The van der Waals surface area contributed by atoms with E-state index in [4.69, 9.17) is 0 Å². The van der Waals surface area contributed by atoms with Crippen LogP contribution in [-0.2, 0) is 0 Å². The molecule has 0 heterocycles. The van der Waals surface area contributed by atoms with Gasteiger partial charge in [0.15, 0.2) is 0 Å². The van der Waals surface area contributed by atoms with Crippen LogP contribution in [0.2, 0.25) is 6.04 Å². The van der Waals surface area contributed by atoms with E-state index in [1.165, 1.54) is 42.0 Å². The van der Waals surface area contributed by atoms with Crippen LogP contribution in [0.1, 0.15) is 32.6 Å². The Hall–Kier alpha value is -0.303. The SMILES string of the molecule is CC1C(C[SiH3])=CC2=C1CCCC2. The third-order valence-electron chi connectivity index (χ3n) is 3.40. The second-order valence-electron chi connectivity index (χ2n) is 4.05. The summed E-state index contributed by atoms with van der Waals surface area (Å²) >= 11 is 0. The average molecular weight is 178 g/mol. The maximum Gasteiger partial charge on any atom is 0.00794 e. The Kier molecular flexibility index (Phi) is 2.22. The lowest BCUT2D eigenvalue weighted by Gasteiger charge is -2.18. The number of rotatable bonds is 1. The van der Waals surface area contributed by atoms with Crippen LogP contribution in [0.15, 0.2) is 22.8 Å². The highest BCUT2D eigenvalue weighted by molar-refractivity contribution is 6.10. The van der Waals surface area contributed by atoms with Gasteiger partial charge in [0.25, 0.3) is 0 Å². The minimum absolute atomic E-state index is 0.817. The largest absolute Gasteiger partial charge is 0.0666 e. The molecule has 0 aromatic rings. The van der Waals surface area contributed by atoms with Crippen LogP contribution in [0.3, 0.4) is 0 Å². The van der Waals surface area contributed by atoms with Gasteiger partial charge in [-0.2, -0.15) is 0 Å². The molecule has 2 aliphatic rings. The number of hydrogen-bond donors (Lipinski definition) is 0. The molecule has 1 unspecified atom stereocenters. The van der Waals surface area contributed by atoms with Crippen LogP contribution >= 0.6 is 0 Å². The molecule has 12 heavy (non-hydrogen) atoms. The fourth-order valence-corrected chi connectivity index (χ4v) is 3.41. The molecule has 0 spiro atoms. The fraction of sp³-hybridized carbons (Fsp3) is 0.636. The van der Waals surface area contributed by atoms with Crippen molar-refractivity contribution in [1.82, 2.24) is 0 Å². The lowest BCUT2D eigenvalue weighted by molar-refractivity contribution is 0.636. The van der Waals surface area contributed by atoms with E-state index >= 15 is 0 Å². The fourth-order valence-electron chi connectivity index (χ4n) is 2.59. The van der Waals surface area contributed by atoms with Gasteiger partial charge in [-0.25, -0.2) is 0 Å². The second kappa shape index (κ2) is 3.21. The van der Waals surface area contributed by atoms with Gasteiger partial charge in [0.05, 0.1) is 0 Å². The molecule has 0 fully saturated rings. The maximum atomic E-state index is 2.51. The highest BCUT2D eigenvalue weighted by Gasteiger charge is 2.24. The summed E-state index contributed by atoms with van der Waals surface area (Å²) in [6.45, 7) is 2.40. The van der Waals surface area contributed by atoms with Crippen LogP contribution in [0.25, 0.3) is 0 Å². The van der Waals surface area contributed by atoms with Crippen molar-refractivity contribution in [2.75, 3.05) is 0 Å². The van der Waals surface area contributed by atoms with Crippen molar-refractivity contribution >= 4 is 10.2 Å². The van der Waals surface area contributed by atoms with Crippen molar-refractivity contribution in [2.24, 2.45) is 5.92 Å². The van der Waals surface area contributed by atoms with Gasteiger partial charge in [-0.1, -0.05) is 24.1 Å². The molecule has 0 aliphatic heterocycles. The van der Waals surface area contributed by atoms with Crippen molar-refractivity contribution in [3.05, 3.63) is 22.8 Å². The Labute approximate surface area is 78.2 Å². The van der Waals surface area contributed by atoms with Gasteiger partial charge in [-0.15, -0.1) is 0 Å². The van der Waals surface area contributed by atoms with Gasteiger partial charge in [0.2, 0.25) is 0 Å². The van der Waals surface area contributed by atoms with Crippen molar-refractivity contribution < 1.29 is 0 Å². The molecular formula is C11H18Si. The molecule has 0 radical (unpaired) electrons. The summed E-state index contributed by atoms with van der Waals surface area (Å²) in [4.78, 5) is 0. The van der Waals surface area contributed by atoms with E-state index in [1.54, 1.807) is 16.7 Å². The summed E-state index contributed by atoms with van der Waals surface area (Å²) in [5, 5.41) is 0. The molecule has 0 saturated heterocycles. The third kappa shape index (κ3) is 1.20. The zero-order valence-corrected chi connectivity index (χ0v) is 10.2. The Morgan fingerprint density at radius 2 is 2.17 bits per heavy atom. The van der Waals surface area contributed by atoms with E-state index in [2.05, 4.69) is 13.0 Å². The highest BCUT2D eigenvalue weighted by atomic mass is 28.1. The Morgan fingerprint density at radius 3 is 2.83 bits per heavy atom. The van der Waals surface area contributed by atoms with Crippen LogP contribution in [0.4, 0.5) is 0 Å². The first-order valence-corrected chi connectivity index (χ1v) is 6.66. The molecule has 2 aliphatic carbocycles. The monoisotopic (exact) mass is 178 g/mol. The van der Waals surface area contributed by atoms with E-state index in [1.807, 2.05) is 0 Å². The lowest BCUT2D eigenvalue weighted by atomic mass is 9.88. The summed E-state index contributed by atoms with van der Waals surface area (Å²) in [7, 11) is 1.33. The van der Waals surface area contributed by atoms with Gasteiger partial charge in [-0.3, -0.25) is 0 Å². The Morgan fingerprint density at radius 1 is 1.42 bits per heavy atom. The van der Waals surface area contributed by atoms with Gasteiger partial charge in [-0.05, 0) is 43.2 Å². The molecule has 0 saturated carbocycles. The maximum absolute atomic E-state index is 2.51. The van der Waals surface area contributed by atoms with E-state index < -0.39 is 0 Å². The molecule has 0 nitrogen and oxygen atoms in total. The first-order valence-electron chi connectivity index (χ1n) is 5.25. The summed E-state index contributed by atoms with van der Waals surface area (Å²) in [6.07, 6.45) is 8.12. The van der Waals surface area contributed by atoms with Gasteiger partial charge >= 0.3 is 0 Å². The first-order chi connectivity index (χ1) is 5.83. The van der Waals surface area contributed by atoms with E-state index in [0.717, 1.165) is 5.92 Å². The molecular weight excluding hydrogens is 160 g/mol. The van der Waals surface area contributed by atoms with E-state index in [9.17, 15) is 0 Å². The number of allylic oxidation sites excluding steroid dienone is 4. The van der Waals surface area contributed by atoms with Crippen LogP contribution in [-0.4, -0.2) is 10.2 Å². The van der Waals surface area contributed by atoms with Crippen LogP contribution in [0.5, 0.6) is 0 Å². The van der Waals surface area contributed by atoms with Crippen molar-refractivity contribution in [3.63, 3.8) is 0 Å². The van der Waals surface area contributed by atoms with E-state index in [-0.39, 0.29) is 0 Å². The highest BCUT2D eigenvalue weighted by Crippen LogP contribution is 2.40. The number of hydrogen-bond acceptors (Lipinski definition) is 0. The topological polar surface area (TPSA) is 0 Å². The van der Waals surface area contributed by atoms with E-state index in [0.29, 0.717) is 0 Å². The molecule has 0 bridgehead atoms. The van der Waals surface area contributed by atoms with Crippen LogP contribution in [0, 0.1) is 5.92 Å². The van der Waals surface area contributed by atoms with Gasteiger partial charge in [0.1, 0.15) is 0 Å². The average Bonchev–Trinajstić information content (AvgIpc) is 2.44. The standard InChI is InChI=1S/C11H18Si/c1-8-10(7-12)6-9-4-2-3-5-11(8)9/h6,8H,2-5,7H2,1,12H3. The molecule has 66 valence electrons. The third-order valence-corrected chi connectivity index (χ3v) is 4.22. The summed E-state index contributed by atoms with van der Waals surface area (Å²) in [6, 6.07) is 1.38. The molecule has 0 aromatic carbocycles. The Balaban J connectivity index is 2.24. The summed E-state index contributed by atoms with van der Waals surface area (Å²) in [5.74, 6) is 0.817. The van der Waals surface area contributed by atoms with Gasteiger partial charge in [0, 0.05) is 10.2 Å². The molecule has 0 amide bonds. The predicted molar refractivity (Wildman–Crippen MR) is 57.5 cm³/mol. The van der Waals surface area contributed by atoms with Crippen molar-refractivity contribution in [1.29, 1.82) is 0 Å². The minimum Gasteiger partial charge on any atom is -0.0666 e. The zero-order chi connectivity index (χ0) is 8.55. The molecule has 0 aromatic heterocycles. The minimum atomic E-state index is 0.817. The molecule has 1 heteroatoms. The summed E-state index contributed by atoms with van der Waals surface area (Å²) in [5.41, 5.74) is 5.22. The van der Waals surface area contributed by atoms with Crippen molar-refractivity contribution in [3.8, 4) is 0 Å². The first kappa shape index (κ1) is 8.30. The quantitative estimate of drug-likeness (QED) is 0.540. The smallest absolute Gasteiger partial charge is 0.00794 e. The van der Waals surface area contributed by atoms with Crippen molar-refractivity contribution in [2.45, 2.75) is 38.7 Å². The molecule has 1 atom stereocenters. The molecule has 2 rings (SSSR count). The van der Waals surface area contributed by atoms with Crippen LogP contribution < -0.4 is 0 Å². The second-order valence-corrected chi connectivity index (χ2v) is 4.76. The molecule has 0 N–H and O–H groups in total. The van der Waals surface area contributed by atoms with Gasteiger partial charge < -0.3 is 0 Å². The predicted octanol–water partition coefficient (Wildman–Crippen LogP) is 2.22. The Bertz CT molecular complexity index is 248. The zero-order valence-electron chi connectivity index (χ0n) is 8.19. The normalized spacial score (nSPS) is 29.1. The lowest BCUT2D eigenvalue weighted by Crippen LogP contribution is -2.02. The summed E-state index contributed by atoms with van der Waals surface area (Å²) < 4.78 is 0.